The van der Waals surface area contributed by atoms with E-state index in [4.69, 9.17) is 4.49 Å². The molecule has 0 aliphatic heterocycles. The van der Waals surface area contributed by atoms with Crippen molar-refractivity contribution < 1.29 is 4.49 Å². The van der Waals surface area contributed by atoms with Crippen LogP contribution in [0.4, 0.5) is 0 Å². The Morgan fingerprint density at radius 1 is 0.682 bits per heavy atom. The summed E-state index contributed by atoms with van der Waals surface area (Å²) in [7, 11) is 1.94. The Hall–Kier alpha value is 2.00. The number of hydrogen-bond donors (Lipinski definition) is 0. The minimum absolute atomic E-state index is 1.25. The van der Waals surface area contributed by atoms with Crippen molar-refractivity contribution in [2.75, 3.05) is 7.11 Å². The van der Waals surface area contributed by atoms with Gasteiger partial charge in [-0.15, -0.1) is 0 Å². The van der Waals surface area contributed by atoms with E-state index in [0.717, 1.165) is 0 Å². The summed E-state index contributed by atoms with van der Waals surface area (Å²) >= 11 is -1.25. The van der Waals surface area contributed by atoms with Gasteiger partial charge in [0.1, 0.15) is 0 Å². The zero-order chi connectivity index (χ0) is 16.9. The van der Waals surface area contributed by atoms with E-state index in [9.17, 15) is 0 Å². The second kappa shape index (κ2) is 14.2. The van der Waals surface area contributed by atoms with Gasteiger partial charge in [0.25, 0.3) is 0 Å². The molecule has 0 atom stereocenters. The summed E-state index contributed by atoms with van der Waals surface area (Å²) in [6.07, 6.45) is 10.3. The number of rotatable bonds is 15. The monoisotopic (exact) mass is 594 g/mol. The van der Waals surface area contributed by atoms with Gasteiger partial charge in [-0.2, -0.15) is 0 Å². The van der Waals surface area contributed by atoms with Crippen molar-refractivity contribution in [2.24, 2.45) is 0 Å². The minimum atomic E-state index is -2.86. The molecule has 0 rings (SSSR count). The van der Waals surface area contributed by atoms with Crippen LogP contribution in [0.25, 0.3) is 0 Å². The number of hydrogen-bond acceptors (Lipinski definition) is 2. The van der Waals surface area contributed by atoms with Crippen LogP contribution in [-0.4, -0.2) is 42.9 Å². The van der Waals surface area contributed by atoms with E-state index in [1.807, 2.05) is 7.11 Å². The maximum atomic E-state index is 7.10. The van der Waals surface area contributed by atoms with Crippen LogP contribution in [0, 0.1) is 0 Å². The van der Waals surface area contributed by atoms with E-state index in [1.165, 1.54) is 69.1 Å². The molecule has 0 unspecified atom stereocenters. The van der Waals surface area contributed by atoms with E-state index < -0.39 is 35.8 Å². The Kier molecular flexibility index (Phi) is 15.5. The van der Waals surface area contributed by atoms with Gasteiger partial charge in [0.15, 0.2) is 0 Å². The number of unbranched alkanes of at least 4 members (excludes halogenated alkanes) is 4. The molecule has 0 aromatic heterocycles. The van der Waals surface area contributed by atoms with Gasteiger partial charge in [0.2, 0.25) is 0 Å². The molecule has 5 heteroatoms. The third-order valence-corrected chi connectivity index (χ3v) is 48.0. The first-order chi connectivity index (χ1) is 10.5. The molecule has 2 nitrogen and oxygen atoms in total. The second-order valence-electron chi connectivity index (χ2n) is 6.51. The van der Waals surface area contributed by atoms with Crippen LogP contribution in [0.1, 0.15) is 79.1 Å². The molecule has 0 N–H and O–H groups in total. The molecule has 0 saturated heterocycles. The summed E-state index contributed by atoms with van der Waals surface area (Å²) in [6, 6.07) is 0. The normalized spacial score (nSPS) is 12.8. The third kappa shape index (κ3) is 10.1. The fourth-order valence-corrected chi connectivity index (χ4v) is 58.0. The molecule has 22 heavy (non-hydrogen) atoms. The Morgan fingerprint density at radius 3 is 1.36 bits per heavy atom. The van der Waals surface area contributed by atoms with Gasteiger partial charge in [-0.1, -0.05) is 0 Å². The van der Waals surface area contributed by atoms with Crippen LogP contribution >= 0.6 is 12.7 Å². The molecule has 0 aliphatic rings. The van der Waals surface area contributed by atoms with Crippen LogP contribution < -0.4 is 0 Å². The molecule has 0 amide bonds. The van der Waals surface area contributed by atoms with E-state index in [-0.39, 0.29) is 0 Å². The molecule has 0 saturated carbocycles. The molecule has 0 radical (unpaired) electrons. The topological polar surface area (TPSA) is 18.5 Å². The van der Waals surface area contributed by atoms with Crippen LogP contribution in [-0.2, 0) is 4.49 Å². The quantitative estimate of drug-likeness (QED) is 0.188. The Morgan fingerprint density at radius 2 is 1.05 bits per heavy atom. The van der Waals surface area contributed by atoms with Gasteiger partial charge in [0.05, 0.1) is 0 Å². The predicted octanol–water partition coefficient (Wildman–Crippen LogP) is 7.13. The van der Waals surface area contributed by atoms with Crippen LogP contribution in [0.15, 0.2) is 0 Å². The summed E-state index contributed by atoms with van der Waals surface area (Å²) in [5.74, 6) is 0. The van der Waals surface area contributed by atoms with Gasteiger partial charge < -0.3 is 0 Å². The molecule has 0 spiro atoms. The van der Waals surface area contributed by atoms with E-state index in [1.54, 1.807) is 0 Å². The van der Waals surface area contributed by atoms with Gasteiger partial charge in [-0.3, -0.25) is 0 Å². The Balaban J connectivity index is 5.03. The Labute approximate surface area is 155 Å². The fourth-order valence-electron chi connectivity index (χ4n) is 2.81. The molecular formula is C17H39BrO2Sn2. The van der Waals surface area contributed by atoms with Crippen molar-refractivity contribution in [3.8, 4) is 0 Å². The Bertz CT molecular complexity index is 249. The first-order valence-corrected chi connectivity index (χ1v) is 27.4. The average molecular weight is 593 g/mol. The maximum absolute atomic E-state index is 7.10. The van der Waals surface area contributed by atoms with Crippen molar-refractivity contribution in [1.29, 1.82) is 0 Å². The zero-order valence-corrected chi connectivity index (χ0v) is 23.0. The molecular weight excluding hydrogens is 554 g/mol. The number of halogens is 1. The van der Waals surface area contributed by atoms with Gasteiger partial charge in [-0.05, 0) is 0 Å². The molecule has 0 aliphatic carbocycles. The van der Waals surface area contributed by atoms with Crippen molar-refractivity contribution >= 4 is 48.5 Å². The molecule has 134 valence electrons. The summed E-state index contributed by atoms with van der Waals surface area (Å²) in [5.41, 5.74) is 0. The first kappa shape index (κ1) is 24.0. The van der Waals surface area contributed by atoms with Gasteiger partial charge in [0, 0.05) is 0 Å². The van der Waals surface area contributed by atoms with Crippen molar-refractivity contribution in [3.05, 3.63) is 0 Å². The van der Waals surface area contributed by atoms with Crippen molar-refractivity contribution in [2.45, 2.75) is 96.8 Å². The van der Waals surface area contributed by atoms with Gasteiger partial charge >= 0.3 is 157 Å². The second-order valence-corrected chi connectivity index (χ2v) is 37.8. The van der Waals surface area contributed by atoms with E-state index in [0.29, 0.717) is 0 Å². The zero-order valence-electron chi connectivity index (χ0n) is 15.7. The van der Waals surface area contributed by atoms with Gasteiger partial charge in [-0.25, -0.2) is 0 Å². The molecule has 0 heterocycles. The SMILES string of the molecule is CCC[CH2][Sn]([Br])([CH2]CCC)[O][Sn]([CH2]CCC)([CH2]CCC)[O]C. The average Bonchev–Trinajstić information content (AvgIpc) is 2.54. The van der Waals surface area contributed by atoms with E-state index in [2.05, 4.69) is 40.4 Å². The van der Waals surface area contributed by atoms with E-state index >= 15 is 0 Å². The molecule has 0 aromatic carbocycles. The third-order valence-electron chi connectivity index (χ3n) is 4.37. The summed E-state index contributed by atoms with van der Waals surface area (Å²) in [5, 5.41) is 0. The summed E-state index contributed by atoms with van der Waals surface area (Å²) in [4.78, 5) is 0. The molecule has 0 bridgehead atoms. The fraction of sp³-hybridized carbons (Fsp3) is 1.00. The first-order valence-electron chi connectivity index (χ1n) is 9.45. The standard InChI is InChI=1S/4C4H9.CH3O.BrH.O.2Sn/c4*1-3-4-2;1-2;;;;/h4*1,3-4H2,2H3;1H3;1H;;;/q;;;;-1;;;2*+1/p-1. The summed E-state index contributed by atoms with van der Waals surface area (Å²) in [6.45, 7) is 9.15. The van der Waals surface area contributed by atoms with Crippen LogP contribution in [0.3, 0.4) is 0 Å². The molecule has 0 aromatic rings. The van der Waals surface area contributed by atoms with Crippen molar-refractivity contribution in [1.82, 2.24) is 0 Å². The molecule has 0 fully saturated rings. The van der Waals surface area contributed by atoms with Crippen LogP contribution in [0.5, 0.6) is 0 Å². The summed E-state index contributed by atoms with van der Waals surface area (Å²) < 4.78 is 18.5. The van der Waals surface area contributed by atoms with Crippen LogP contribution in [0.2, 0.25) is 17.7 Å². The predicted molar refractivity (Wildman–Crippen MR) is 107 cm³/mol. The van der Waals surface area contributed by atoms with Crippen molar-refractivity contribution in [3.63, 3.8) is 0 Å².